The highest BCUT2D eigenvalue weighted by Gasteiger charge is 2.23. The predicted octanol–water partition coefficient (Wildman–Crippen LogP) is 3.36. The van der Waals surface area contributed by atoms with Crippen molar-refractivity contribution in [2.24, 2.45) is 0 Å². The van der Waals surface area contributed by atoms with E-state index in [1.807, 2.05) is 19.1 Å². The number of hydrogen-bond donors (Lipinski definition) is 0. The Kier molecular flexibility index (Phi) is 2.73. The summed E-state index contributed by atoms with van der Waals surface area (Å²) in [6.45, 7) is 6.17. The minimum Gasteiger partial charge on any atom is -0.264 e. The molecule has 0 N–H and O–H groups in total. The second-order valence-corrected chi connectivity index (χ2v) is 4.08. The number of halogens is 1. The van der Waals surface area contributed by atoms with Crippen LogP contribution < -0.4 is 0 Å². The van der Waals surface area contributed by atoms with Crippen molar-refractivity contribution >= 4 is 0 Å². The first-order chi connectivity index (χ1) is 7.60. The molecule has 0 aliphatic carbocycles. The van der Waals surface area contributed by atoms with Gasteiger partial charge in [0.2, 0.25) is 0 Å². The quantitative estimate of drug-likeness (QED) is 0.747. The van der Waals surface area contributed by atoms with E-state index in [1.165, 1.54) is 12.1 Å². The van der Waals surface area contributed by atoms with Crippen LogP contribution in [-0.4, -0.2) is 4.98 Å². The van der Waals surface area contributed by atoms with Crippen LogP contribution >= 0.6 is 0 Å². The zero-order valence-corrected chi connectivity index (χ0v) is 9.15. The SMILES string of the molecule is [CH2]C(C)(c1ccc(F)cc1)c1cccnc1. The van der Waals surface area contributed by atoms with E-state index in [0.717, 1.165) is 11.1 Å². The van der Waals surface area contributed by atoms with E-state index in [1.54, 1.807) is 24.5 Å². The molecule has 0 spiro atoms. The fourth-order valence-electron chi connectivity index (χ4n) is 1.67. The minimum atomic E-state index is -0.401. The third-order valence-electron chi connectivity index (χ3n) is 2.78. The summed E-state index contributed by atoms with van der Waals surface area (Å²) in [4.78, 5) is 4.08. The Morgan fingerprint density at radius 2 is 1.81 bits per heavy atom. The summed E-state index contributed by atoms with van der Waals surface area (Å²) in [6, 6.07) is 10.3. The van der Waals surface area contributed by atoms with E-state index in [-0.39, 0.29) is 5.82 Å². The molecule has 1 aromatic heterocycles. The Morgan fingerprint density at radius 3 is 2.38 bits per heavy atom. The monoisotopic (exact) mass is 214 g/mol. The second kappa shape index (κ2) is 4.05. The molecule has 16 heavy (non-hydrogen) atoms. The van der Waals surface area contributed by atoms with Gasteiger partial charge in [0.15, 0.2) is 0 Å². The van der Waals surface area contributed by atoms with Gasteiger partial charge in [-0.3, -0.25) is 4.98 Å². The van der Waals surface area contributed by atoms with Gasteiger partial charge in [-0.15, -0.1) is 0 Å². The van der Waals surface area contributed by atoms with Gasteiger partial charge in [-0.25, -0.2) is 4.39 Å². The summed E-state index contributed by atoms with van der Waals surface area (Å²) in [6.07, 6.45) is 3.51. The lowest BCUT2D eigenvalue weighted by Gasteiger charge is -2.25. The molecule has 1 aromatic carbocycles. The van der Waals surface area contributed by atoms with Gasteiger partial charge in [-0.05, 0) is 36.2 Å². The van der Waals surface area contributed by atoms with Crippen molar-refractivity contribution in [3.63, 3.8) is 0 Å². The van der Waals surface area contributed by atoms with Gasteiger partial charge in [-0.1, -0.05) is 25.1 Å². The van der Waals surface area contributed by atoms with Crippen LogP contribution in [0.15, 0.2) is 48.8 Å². The fraction of sp³-hybridized carbons (Fsp3) is 0.143. The largest absolute Gasteiger partial charge is 0.264 e. The molecule has 1 nitrogen and oxygen atoms in total. The Morgan fingerprint density at radius 1 is 1.12 bits per heavy atom. The average Bonchev–Trinajstić information content (AvgIpc) is 2.31. The third kappa shape index (κ3) is 1.96. The van der Waals surface area contributed by atoms with Crippen molar-refractivity contribution in [3.8, 4) is 0 Å². The maximum Gasteiger partial charge on any atom is 0.123 e. The first-order valence-corrected chi connectivity index (χ1v) is 5.12. The van der Waals surface area contributed by atoms with Crippen LogP contribution in [0.3, 0.4) is 0 Å². The Bertz CT molecular complexity index is 460. The molecule has 81 valence electrons. The molecule has 1 unspecified atom stereocenters. The summed E-state index contributed by atoms with van der Waals surface area (Å²) in [5, 5.41) is 0. The van der Waals surface area contributed by atoms with Crippen molar-refractivity contribution < 1.29 is 4.39 Å². The van der Waals surface area contributed by atoms with E-state index >= 15 is 0 Å². The van der Waals surface area contributed by atoms with Gasteiger partial charge in [0, 0.05) is 17.8 Å². The number of nitrogens with zero attached hydrogens (tertiary/aromatic N) is 1. The van der Waals surface area contributed by atoms with E-state index < -0.39 is 5.41 Å². The highest BCUT2D eigenvalue weighted by atomic mass is 19.1. The van der Waals surface area contributed by atoms with Gasteiger partial charge in [0.05, 0.1) is 0 Å². The summed E-state index contributed by atoms with van der Waals surface area (Å²) < 4.78 is 12.8. The van der Waals surface area contributed by atoms with Crippen molar-refractivity contribution in [2.75, 3.05) is 0 Å². The fourth-order valence-corrected chi connectivity index (χ4v) is 1.67. The molecule has 0 saturated carbocycles. The lowest BCUT2D eigenvalue weighted by atomic mass is 9.79. The molecule has 0 saturated heterocycles. The standard InChI is InChI=1S/C14H13FN/c1-14(2,12-4-3-9-16-10-12)11-5-7-13(15)8-6-11/h3-10H,1H2,2H3. The molecule has 0 amide bonds. The first kappa shape index (κ1) is 10.8. The van der Waals surface area contributed by atoms with Gasteiger partial charge in [0.1, 0.15) is 5.82 Å². The van der Waals surface area contributed by atoms with E-state index in [0.29, 0.717) is 0 Å². The third-order valence-corrected chi connectivity index (χ3v) is 2.78. The molecule has 1 heterocycles. The molecule has 0 aliphatic heterocycles. The number of hydrogen-bond acceptors (Lipinski definition) is 1. The molecule has 0 aliphatic rings. The zero-order valence-electron chi connectivity index (χ0n) is 9.15. The van der Waals surface area contributed by atoms with Gasteiger partial charge in [0.25, 0.3) is 0 Å². The average molecular weight is 214 g/mol. The summed E-state index contributed by atoms with van der Waals surface area (Å²) in [5.41, 5.74) is 1.59. The molecule has 2 rings (SSSR count). The smallest absolute Gasteiger partial charge is 0.123 e. The van der Waals surface area contributed by atoms with Gasteiger partial charge < -0.3 is 0 Å². The van der Waals surface area contributed by atoms with E-state index in [9.17, 15) is 4.39 Å². The van der Waals surface area contributed by atoms with Crippen LogP contribution in [0.2, 0.25) is 0 Å². The lowest BCUT2D eigenvalue weighted by molar-refractivity contribution is 0.623. The van der Waals surface area contributed by atoms with Crippen molar-refractivity contribution in [1.82, 2.24) is 4.98 Å². The van der Waals surface area contributed by atoms with Crippen molar-refractivity contribution in [3.05, 3.63) is 72.7 Å². The first-order valence-electron chi connectivity index (χ1n) is 5.12. The minimum absolute atomic E-state index is 0.231. The van der Waals surface area contributed by atoms with Crippen molar-refractivity contribution in [1.29, 1.82) is 0 Å². The zero-order chi connectivity index (χ0) is 11.6. The Balaban J connectivity index is 2.43. The Hall–Kier alpha value is -1.70. The number of pyridine rings is 1. The van der Waals surface area contributed by atoms with Crippen LogP contribution in [0.4, 0.5) is 4.39 Å². The van der Waals surface area contributed by atoms with Crippen LogP contribution in [0, 0.1) is 12.7 Å². The Labute approximate surface area is 95.0 Å². The normalized spacial score (nSPS) is 11.4. The van der Waals surface area contributed by atoms with Crippen LogP contribution in [0.25, 0.3) is 0 Å². The van der Waals surface area contributed by atoms with Crippen molar-refractivity contribution in [2.45, 2.75) is 12.3 Å². The van der Waals surface area contributed by atoms with Crippen LogP contribution in [0.5, 0.6) is 0 Å². The second-order valence-electron chi connectivity index (χ2n) is 4.08. The van der Waals surface area contributed by atoms with E-state index in [2.05, 4.69) is 11.9 Å². The highest BCUT2D eigenvalue weighted by molar-refractivity contribution is 5.38. The molecule has 1 atom stereocenters. The van der Waals surface area contributed by atoms with Crippen LogP contribution in [-0.2, 0) is 5.41 Å². The lowest BCUT2D eigenvalue weighted by Crippen LogP contribution is -2.19. The maximum atomic E-state index is 12.8. The van der Waals surface area contributed by atoms with Crippen LogP contribution in [0.1, 0.15) is 18.1 Å². The topological polar surface area (TPSA) is 12.9 Å². The molecule has 1 radical (unpaired) electrons. The van der Waals surface area contributed by atoms with Gasteiger partial charge >= 0.3 is 0 Å². The highest BCUT2D eigenvalue weighted by Crippen LogP contribution is 2.30. The molecule has 0 fully saturated rings. The predicted molar refractivity (Wildman–Crippen MR) is 62.4 cm³/mol. The molecule has 2 heteroatoms. The maximum absolute atomic E-state index is 12.8. The summed E-state index contributed by atoms with van der Waals surface area (Å²) in [7, 11) is 0. The molecule has 0 bridgehead atoms. The van der Waals surface area contributed by atoms with E-state index in [4.69, 9.17) is 0 Å². The summed E-state index contributed by atoms with van der Waals surface area (Å²) in [5.74, 6) is -0.231. The number of benzene rings is 1. The number of aromatic nitrogens is 1. The summed E-state index contributed by atoms with van der Waals surface area (Å²) >= 11 is 0. The van der Waals surface area contributed by atoms with Gasteiger partial charge in [-0.2, -0.15) is 0 Å². The molecular weight excluding hydrogens is 201 g/mol. The number of rotatable bonds is 2. The molecule has 2 aromatic rings. The molecular formula is C14H13FN.